The maximum Gasteiger partial charge on any atom is 0.338 e. The summed E-state index contributed by atoms with van der Waals surface area (Å²) in [5, 5.41) is 0. The highest BCUT2D eigenvalue weighted by atomic mass is 19.1. The molecule has 0 bridgehead atoms. The molecular weight excluding hydrogens is 756 g/mol. The minimum atomic E-state index is -0.760. The predicted octanol–water partition coefficient (Wildman–Crippen LogP) is 9.71. The number of halogens is 1. The Morgan fingerprint density at radius 2 is 1.19 bits per heavy atom. The van der Waals surface area contributed by atoms with E-state index in [0.717, 1.165) is 17.4 Å². The molecule has 0 aliphatic rings. The Morgan fingerprint density at radius 3 is 1.76 bits per heavy atom. The molecule has 0 N–H and O–H groups in total. The molecule has 4 aromatic carbocycles. The van der Waals surface area contributed by atoms with Crippen molar-refractivity contribution in [2.75, 3.05) is 13.5 Å². The van der Waals surface area contributed by atoms with Crippen molar-refractivity contribution in [1.82, 2.24) is 0 Å². The Morgan fingerprint density at radius 1 is 0.644 bits per heavy atom. The van der Waals surface area contributed by atoms with E-state index in [1.807, 2.05) is 36.4 Å². The quantitative estimate of drug-likeness (QED) is 0.0255. The molecule has 0 unspecified atom stereocenters. The van der Waals surface area contributed by atoms with Crippen molar-refractivity contribution in [1.29, 1.82) is 0 Å². The maximum absolute atomic E-state index is 13.8. The van der Waals surface area contributed by atoms with Crippen LogP contribution in [0.25, 0.3) is 22.3 Å². The van der Waals surface area contributed by atoms with E-state index in [4.69, 9.17) is 28.4 Å². The Hall–Kier alpha value is -7.45. The lowest BCUT2D eigenvalue weighted by Crippen LogP contribution is -2.15. The van der Waals surface area contributed by atoms with Crippen LogP contribution in [0.15, 0.2) is 140 Å². The smallest absolute Gasteiger partial charge is 0.338 e. The average molecular weight is 799 g/mol. The van der Waals surface area contributed by atoms with Crippen LogP contribution in [-0.2, 0) is 35.1 Å². The Kier molecular flexibility index (Phi) is 15.9. The van der Waals surface area contributed by atoms with Gasteiger partial charge in [-0.25, -0.2) is 19.2 Å². The highest BCUT2D eigenvalue weighted by Gasteiger charge is 2.25. The van der Waals surface area contributed by atoms with Crippen molar-refractivity contribution in [3.05, 3.63) is 157 Å². The number of ether oxygens (including phenoxy) is 6. The first-order valence-corrected chi connectivity index (χ1v) is 18.2. The molecule has 0 fully saturated rings. The van der Waals surface area contributed by atoms with Crippen LogP contribution in [0.1, 0.15) is 50.8 Å². The summed E-state index contributed by atoms with van der Waals surface area (Å²) >= 11 is 0. The topological polar surface area (TPSA) is 124 Å². The summed E-state index contributed by atoms with van der Waals surface area (Å²) in [7, 11) is 0. The molecule has 0 saturated carbocycles. The molecule has 0 radical (unpaired) electrons. The van der Waals surface area contributed by atoms with Gasteiger partial charge in [-0.2, -0.15) is 0 Å². The van der Waals surface area contributed by atoms with Gasteiger partial charge in [0.1, 0.15) is 29.6 Å². The van der Waals surface area contributed by atoms with Gasteiger partial charge in [0.2, 0.25) is 6.79 Å². The molecule has 0 aliphatic heterocycles. The molecule has 302 valence electrons. The Bertz CT molecular complexity index is 2360. The van der Waals surface area contributed by atoms with Gasteiger partial charge in [-0.3, -0.25) is 4.39 Å². The molecule has 59 heavy (non-hydrogen) atoms. The van der Waals surface area contributed by atoms with E-state index in [-0.39, 0.29) is 59.0 Å². The number of hydrogen-bond acceptors (Lipinski definition) is 10. The van der Waals surface area contributed by atoms with Crippen molar-refractivity contribution in [3.8, 4) is 57.1 Å². The van der Waals surface area contributed by atoms with Crippen LogP contribution in [-0.4, -0.2) is 37.3 Å². The van der Waals surface area contributed by atoms with Gasteiger partial charge < -0.3 is 28.4 Å². The minimum Gasteiger partial charge on any atom is -0.462 e. The molecule has 0 aliphatic carbocycles. The van der Waals surface area contributed by atoms with Gasteiger partial charge in [0.05, 0.1) is 6.67 Å². The van der Waals surface area contributed by atoms with Crippen LogP contribution in [0, 0.1) is 11.8 Å². The zero-order valence-corrected chi connectivity index (χ0v) is 33.3. The molecule has 0 atom stereocenters. The molecule has 4 aromatic rings. The summed E-state index contributed by atoms with van der Waals surface area (Å²) in [6, 6.07) is 22.8. The third kappa shape index (κ3) is 12.8. The highest BCUT2D eigenvalue weighted by molar-refractivity contribution is 5.92. The first-order chi connectivity index (χ1) is 28.2. The van der Waals surface area contributed by atoms with Gasteiger partial charge in [-0.1, -0.05) is 74.6 Å². The first kappa shape index (κ1) is 44.3. The molecule has 0 heterocycles. The van der Waals surface area contributed by atoms with E-state index < -0.39 is 30.6 Å². The summed E-state index contributed by atoms with van der Waals surface area (Å²) in [5.41, 5.74) is 4.63. The lowest BCUT2D eigenvalue weighted by atomic mass is 9.91. The lowest BCUT2D eigenvalue weighted by molar-refractivity contribution is -0.145. The number of alkyl halides is 1. The van der Waals surface area contributed by atoms with Crippen LogP contribution >= 0.6 is 0 Å². The summed E-state index contributed by atoms with van der Waals surface area (Å²) in [6.07, 6.45) is 2.60. The van der Waals surface area contributed by atoms with Gasteiger partial charge in [-0.05, 0) is 105 Å². The Balaban J connectivity index is 1.76. The number of benzene rings is 4. The molecule has 0 amide bonds. The van der Waals surface area contributed by atoms with Crippen molar-refractivity contribution < 1.29 is 52.0 Å². The number of carbonyl (C=O) groups is 4. The molecule has 4 rings (SSSR count). The van der Waals surface area contributed by atoms with Crippen LogP contribution < -0.4 is 18.9 Å². The van der Waals surface area contributed by atoms with Gasteiger partial charge in [0.25, 0.3) is 0 Å². The standard InChI is InChI=1S/C48H43FO10/c1-30(2)45(50)55-27-26-54-38-22-18-36(19-23-38)35-14-16-37(17-15-35)42-28-43(58-47(52)32(5)6)41(44(40(42)10-9-25-49)59-48(53)33(7)8)24-13-34-11-20-39(21-12-34)56-29-57-46(51)31(3)4/h11-12,14-23,26-28H,1,3,5,7,9-10,25,29H2,2,4,6,8H3. The van der Waals surface area contributed by atoms with Crippen LogP contribution in [0.5, 0.6) is 23.0 Å². The summed E-state index contributed by atoms with van der Waals surface area (Å²) in [5.74, 6) is 4.26. The molecule has 0 saturated heterocycles. The van der Waals surface area contributed by atoms with E-state index in [2.05, 4.69) is 38.2 Å². The highest BCUT2D eigenvalue weighted by Crippen LogP contribution is 2.42. The first-order valence-electron chi connectivity index (χ1n) is 18.2. The number of carbonyl (C=O) groups excluding carboxylic acids is 4. The number of hydrogen-bond donors (Lipinski definition) is 0. The second-order valence-electron chi connectivity index (χ2n) is 13.2. The third-order valence-corrected chi connectivity index (χ3v) is 8.12. The molecular formula is C48H43FO10. The summed E-state index contributed by atoms with van der Waals surface area (Å²) in [6.45, 7) is 19.5. The van der Waals surface area contributed by atoms with Crippen LogP contribution in [0.2, 0.25) is 0 Å². The maximum atomic E-state index is 13.8. The summed E-state index contributed by atoms with van der Waals surface area (Å²) in [4.78, 5) is 49.4. The van der Waals surface area contributed by atoms with E-state index in [1.54, 1.807) is 42.5 Å². The van der Waals surface area contributed by atoms with Gasteiger partial charge in [-0.15, -0.1) is 0 Å². The summed E-state index contributed by atoms with van der Waals surface area (Å²) < 4.78 is 46.4. The molecule has 0 spiro atoms. The van der Waals surface area contributed by atoms with Gasteiger partial charge in [0.15, 0.2) is 11.5 Å². The monoisotopic (exact) mass is 798 g/mol. The Labute approximate surface area is 342 Å². The second kappa shape index (κ2) is 21.2. The van der Waals surface area contributed by atoms with E-state index in [0.29, 0.717) is 33.8 Å². The molecule has 11 heteroatoms. The van der Waals surface area contributed by atoms with E-state index in [9.17, 15) is 23.6 Å². The average Bonchev–Trinajstić information content (AvgIpc) is 3.22. The van der Waals surface area contributed by atoms with Crippen molar-refractivity contribution >= 4 is 23.9 Å². The fourth-order valence-corrected chi connectivity index (χ4v) is 5.01. The van der Waals surface area contributed by atoms with Crippen molar-refractivity contribution in [2.24, 2.45) is 0 Å². The van der Waals surface area contributed by atoms with E-state index in [1.165, 1.54) is 34.0 Å². The minimum absolute atomic E-state index is 0.0108. The van der Waals surface area contributed by atoms with Crippen molar-refractivity contribution in [2.45, 2.75) is 40.5 Å². The third-order valence-electron chi connectivity index (χ3n) is 8.12. The van der Waals surface area contributed by atoms with Gasteiger partial charge in [0, 0.05) is 33.4 Å². The fourth-order valence-electron chi connectivity index (χ4n) is 5.01. The zero-order valence-electron chi connectivity index (χ0n) is 33.3. The van der Waals surface area contributed by atoms with Gasteiger partial charge >= 0.3 is 23.9 Å². The number of rotatable bonds is 17. The van der Waals surface area contributed by atoms with E-state index >= 15 is 0 Å². The largest absolute Gasteiger partial charge is 0.462 e. The second-order valence-corrected chi connectivity index (χ2v) is 13.2. The molecule has 0 aromatic heterocycles. The SMILES string of the molecule is C=C(C)C(=O)OC=COc1ccc(-c2ccc(-c3cc(OC(=O)C(=C)C)c(C#Cc4ccc(OCOC(=O)C(=C)C)cc4)c(OC(=O)C(=C)C)c3CCCF)cc2)cc1. The lowest BCUT2D eigenvalue weighted by Gasteiger charge is -2.20. The zero-order chi connectivity index (χ0) is 43.1. The van der Waals surface area contributed by atoms with Crippen LogP contribution in [0.4, 0.5) is 4.39 Å². The van der Waals surface area contributed by atoms with Crippen LogP contribution in [0.3, 0.4) is 0 Å². The normalized spacial score (nSPS) is 10.4. The predicted molar refractivity (Wildman–Crippen MR) is 222 cm³/mol. The van der Waals surface area contributed by atoms with Crippen molar-refractivity contribution in [3.63, 3.8) is 0 Å². The fraction of sp³-hybridized carbons (Fsp3) is 0.167. The number of esters is 4. The molecule has 10 nitrogen and oxygen atoms in total.